The maximum absolute atomic E-state index is 13.6. The smallest absolute Gasteiger partial charge is 0.259 e. The zero-order chi connectivity index (χ0) is 21.1. The van der Waals surface area contributed by atoms with E-state index in [4.69, 9.17) is 5.73 Å². The summed E-state index contributed by atoms with van der Waals surface area (Å²) in [6, 6.07) is 23.2. The van der Waals surface area contributed by atoms with Gasteiger partial charge in [-0.15, -0.1) is 0 Å². The highest BCUT2D eigenvalue weighted by Crippen LogP contribution is 2.32. The molecule has 0 aliphatic carbocycles. The third kappa shape index (κ3) is 3.84. The molecule has 148 valence electrons. The van der Waals surface area contributed by atoms with Crippen LogP contribution < -0.4 is 16.0 Å². The van der Waals surface area contributed by atoms with Gasteiger partial charge in [0.25, 0.3) is 5.91 Å². The van der Waals surface area contributed by atoms with Crippen LogP contribution in [-0.2, 0) is 9.59 Å². The predicted octanol–water partition coefficient (Wildman–Crippen LogP) is 3.31. The highest BCUT2D eigenvalue weighted by atomic mass is 16.2. The van der Waals surface area contributed by atoms with Crippen molar-refractivity contribution in [1.29, 1.82) is 0 Å². The number of amides is 3. The quantitative estimate of drug-likeness (QED) is 0.523. The molecule has 0 fully saturated rings. The van der Waals surface area contributed by atoms with E-state index in [0.29, 0.717) is 22.5 Å². The number of anilines is 2. The predicted molar refractivity (Wildman–Crippen MR) is 117 cm³/mol. The monoisotopic (exact) mass is 397 g/mol. The van der Waals surface area contributed by atoms with Crippen LogP contribution in [0.25, 0.3) is 11.6 Å². The van der Waals surface area contributed by atoms with Crippen molar-refractivity contribution < 1.29 is 14.4 Å². The Labute approximate surface area is 173 Å². The molecule has 1 aliphatic heterocycles. The van der Waals surface area contributed by atoms with E-state index >= 15 is 0 Å². The highest BCUT2D eigenvalue weighted by Gasteiger charge is 2.29. The summed E-state index contributed by atoms with van der Waals surface area (Å²) in [4.78, 5) is 38.6. The molecule has 1 heterocycles. The maximum Gasteiger partial charge on any atom is 0.259 e. The van der Waals surface area contributed by atoms with Gasteiger partial charge in [-0.05, 0) is 41.5 Å². The first kappa shape index (κ1) is 19.1. The molecular formula is C24H19N3O3. The van der Waals surface area contributed by atoms with Crippen molar-refractivity contribution in [2.45, 2.75) is 0 Å². The van der Waals surface area contributed by atoms with Crippen LogP contribution in [0.5, 0.6) is 0 Å². The van der Waals surface area contributed by atoms with Gasteiger partial charge in [0, 0.05) is 11.1 Å². The average molecular weight is 397 g/mol. The molecule has 0 atom stereocenters. The fraction of sp³-hybridized carbons (Fsp3) is 0.0417. The van der Waals surface area contributed by atoms with Crippen molar-refractivity contribution in [1.82, 2.24) is 0 Å². The van der Waals surface area contributed by atoms with Crippen LogP contribution in [0.2, 0.25) is 0 Å². The summed E-state index contributed by atoms with van der Waals surface area (Å²) in [5, 5.41) is 2.79. The van der Waals surface area contributed by atoms with E-state index < -0.39 is 5.91 Å². The van der Waals surface area contributed by atoms with Gasteiger partial charge in [0.2, 0.25) is 11.8 Å². The van der Waals surface area contributed by atoms with Crippen molar-refractivity contribution >= 4 is 40.7 Å². The number of nitrogens with one attached hydrogen (secondary N) is 1. The SMILES string of the molecule is NC(=O)c1ccc(/C=C(/C(=O)N2CC(=O)Nc3ccccc32)c2ccccc2)cc1. The van der Waals surface area contributed by atoms with Crippen LogP contribution >= 0.6 is 0 Å². The fourth-order valence-electron chi connectivity index (χ4n) is 3.36. The zero-order valence-electron chi connectivity index (χ0n) is 16.0. The number of nitrogens with zero attached hydrogens (tertiary/aromatic N) is 1. The van der Waals surface area contributed by atoms with Gasteiger partial charge in [-0.25, -0.2) is 0 Å². The number of para-hydroxylation sites is 2. The number of carbonyl (C=O) groups is 3. The molecule has 3 aromatic rings. The lowest BCUT2D eigenvalue weighted by atomic mass is 10.00. The molecule has 30 heavy (non-hydrogen) atoms. The Morgan fingerprint density at radius 3 is 2.23 bits per heavy atom. The minimum Gasteiger partial charge on any atom is -0.366 e. The van der Waals surface area contributed by atoms with Gasteiger partial charge >= 0.3 is 0 Å². The summed E-state index contributed by atoms with van der Waals surface area (Å²) in [5.41, 5.74) is 8.84. The Morgan fingerprint density at radius 1 is 0.867 bits per heavy atom. The van der Waals surface area contributed by atoms with Crippen molar-refractivity contribution in [3.8, 4) is 0 Å². The van der Waals surface area contributed by atoms with E-state index in [-0.39, 0.29) is 18.4 Å². The van der Waals surface area contributed by atoms with Gasteiger partial charge in [-0.3, -0.25) is 19.3 Å². The first-order chi connectivity index (χ1) is 14.5. The number of carbonyl (C=O) groups excluding carboxylic acids is 3. The van der Waals surface area contributed by atoms with Crippen LogP contribution in [0.15, 0.2) is 78.9 Å². The minimum atomic E-state index is -0.513. The van der Waals surface area contributed by atoms with Gasteiger partial charge in [-0.1, -0.05) is 54.6 Å². The molecule has 0 spiro atoms. The summed E-state index contributed by atoms with van der Waals surface area (Å²) in [6.07, 6.45) is 1.75. The van der Waals surface area contributed by atoms with Gasteiger partial charge in [0.05, 0.1) is 11.4 Å². The van der Waals surface area contributed by atoms with Crippen LogP contribution in [0.3, 0.4) is 0 Å². The minimum absolute atomic E-state index is 0.0688. The molecule has 6 heteroatoms. The molecular weight excluding hydrogens is 378 g/mol. The van der Waals surface area contributed by atoms with Crippen LogP contribution in [-0.4, -0.2) is 24.3 Å². The lowest BCUT2D eigenvalue weighted by Gasteiger charge is -2.30. The lowest BCUT2D eigenvalue weighted by Crippen LogP contribution is -2.42. The van der Waals surface area contributed by atoms with E-state index in [1.165, 1.54) is 4.90 Å². The van der Waals surface area contributed by atoms with Crippen molar-refractivity contribution in [3.63, 3.8) is 0 Å². The summed E-state index contributed by atoms with van der Waals surface area (Å²) < 4.78 is 0. The number of hydrogen-bond acceptors (Lipinski definition) is 3. The highest BCUT2D eigenvalue weighted by molar-refractivity contribution is 6.32. The molecule has 0 unspecified atom stereocenters. The Bertz CT molecular complexity index is 1150. The maximum atomic E-state index is 13.6. The second-order valence-corrected chi connectivity index (χ2v) is 6.87. The largest absolute Gasteiger partial charge is 0.366 e. The molecule has 1 aliphatic rings. The fourth-order valence-corrected chi connectivity index (χ4v) is 3.36. The summed E-state index contributed by atoms with van der Waals surface area (Å²) in [5.74, 6) is -1.05. The molecule has 0 saturated heterocycles. The second kappa shape index (κ2) is 8.05. The third-order valence-electron chi connectivity index (χ3n) is 4.84. The van der Waals surface area contributed by atoms with Crippen LogP contribution in [0.1, 0.15) is 21.5 Å². The number of benzene rings is 3. The second-order valence-electron chi connectivity index (χ2n) is 6.87. The van der Waals surface area contributed by atoms with E-state index in [1.54, 1.807) is 48.5 Å². The van der Waals surface area contributed by atoms with Gasteiger partial charge < -0.3 is 11.1 Å². The van der Waals surface area contributed by atoms with Crippen molar-refractivity contribution in [2.24, 2.45) is 5.73 Å². The Morgan fingerprint density at radius 2 is 1.53 bits per heavy atom. The first-order valence-electron chi connectivity index (χ1n) is 9.40. The summed E-state index contributed by atoms with van der Waals surface area (Å²) >= 11 is 0. The Kier molecular flexibility index (Phi) is 5.13. The van der Waals surface area contributed by atoms with E-state index in [0.717, 1.165) is 11.1 Å². The van der Waals surface area contributed by atoms with E-state index in [2.05, 4.69) is 5.32 Å². The molecule has 3 amide bonds. The number of rotatable bonds is 4. The molecule has 6 nitrogen and oxygen atoms in total. The van der Waals surface area contributed by atoms with E-state index in [9.17, 15) is 14.4 Å². The van der Waals surface area contributed by atoms with Gasteiger partial charge in [-0.2, -0.15) is 0 Å². The normalized spacial score (nSPS) is 13.4. The zero-order valence-corrected chi connectivity index (χ0v) is 16.0. The first-order valence-corrected chi connectivity index (χ1v) is 9.40. The molecule has 4 rings (SSSR count). The number of nitrogens with two attached hydrogens (primary N) is 1. The van der Waals surface area contributed by atoms with Crippen molar-refractivity contribution in [2.75, 3.05) is 16.8 Å². The van der Waals surface area contributed by atoms with E-state index in [1.807, 2.05) is 36.4 Å². The standard InChI is InChI=1S/C24H19N3O3/c25-23(29)18-12-10-16(11-13-18)14-19(17-6-2-1-3-7-17)24(30)27-15-22(28)26-20-8-4-5-9-21(20)27/h1-14H,15H2,(H2,25,29)(H,26,28)/b19-14+. The molecule has 0 saturated carbocycles. The summed E-state index contributed by atoms with van der Waals surface area (Å²) in [6.45, 7) is -0.0688. The number of hydrogen-bond donors (Lipinski definition) is 2. The summed E-state index contributed by atoms with van der Waals surface area (Å²) in [7, 11) is 0. The molecule has 0 bridgehead atoms. The Balaban J connectivity index is 1.78. The molecule has 0 aromatic heterocycles. The van der Waals surface area contributed by atoms with Crippen molar-refractivity contribution in [3.05, 3.63) is 95.6 Å². The van der Waals surface area contributed by atoms with Crippen LogP contribution in [0, 0.1) is 0 Å². The average Bonchev–Trinajstić information content (AvgIpc) is 2.77. The molecule has 0 radical (unpaired) electrons. The Hall–Kier alpha value is -4.19. The van der Waals surface area contributed by atoms with Gasteiger partial charge in [0.1, 0.15) is 6.54 Å². The lowest BCUT2D eigenvalue weighted by molar-refractivity contribution is -0.118. The van der Waals surface area contributed by atoms with Gasteiger partial charge in [0.15, 0.2) is 0 Å². The van der Waals surface area contributed by atoms with Crippen LogP contribution in [0.4, 0.5) is 11.4 Å². The topological polar surface area (TPSA) is 92.5 Å². The molecule has 3 N–H and O–H groups in total. The third-order valence-corrected chi connectivity index (χ3v) is 4.84. The number of fused-ring (bicyclic) bond motifs is 1. The molecule has 3 aromatic carbocycles. The number of primary amides is 1.